The average molecular weight is 376 g/mol. The van der Waals surface area contributed by atoms with Crippen molar-refractivity contribution in [2.75, 3.05) is 17.7 Å². The minimum atomic E-state index is -0.458. The molecule has 0 radical (unpaired) electrons. The molecule has 140 valence electrons. The summed E-state index contributed by atoms with van der Waals surface area (Å²) >= 11 is 1.42. The molecule has 2 rings (SSSR count). The molecule has 0 bridgehead atoms. The second-order valence-electron chi connectivity index (χ2n) is 6.58. The fraction of sp³-hybridized carbons (Fsp3) is 0.444. The Bertz CT molecular complexity index is 800. The predicted molar refractivity (Wildman–Crippen MR) is 104 cm³/mol. The molecule has 0 spiro atoms. The minimum absolute atomic E-state index is 0.00522. The Morgan fingerprint density at radius 2 is 1.92 bits per heavy atom. The van der Waals surface area contributed by atoms with Gasteiger partial charge in [0, 0.05) is 37.1 Å². The fourth-order valence-corrected chi connectivity index (χ4v) is 3.49. The third-order valence-electron chi connectivity index (χ3n) is 4.12. The lowest BCUT2D eigenvalue weighted by Crippen LogP contribution is -2.28. The van der Waals surface area contributed by atoms with E-state index in [1.165, 1.54) is 28.8 Å². The van der Waals surface area contributed by atoms with Crippen LogP contribution in [0, 0.1) is 29.9 Å². The zero-order valence-corrected chi connectivity index (χ0v) is 16.5. The monoisotopic (exact) mass is 376 g/mol. The van der Waals surface area contributed by atoms with Crippen molar-refractivity contribution in [1.29, 1.82) is 0 Å². The van der Waals surface area contributed by atoms with Crippen LogP contribution in [0.5, 0.6) is 0 Å². The van der Waals surface area contributed by atoms with Crippen molar-refractivity contribution in [2.45, 2.75) is 39.4 Å². The van der Waals surface area contributed by atoms with E-state index in [4.69, 9.17) is 0 Å². The van der Waals surface area contributed by atoms with Gasteiger partial charge in [0.15, 0.2) is 5.16 Å². The van der Waals surface area contributed by atoms with Gasteiger partial charge in [-0.3, -0.25) is 14.9 Å². The van der Waals surface area contributed by atoms with E-state index in [-0.39, 0.29) is 17.3 Å². The summed E-state index contributed by atoms with van der Waals surface area (Å²) in [6.45, 7) is 9.18. The lowest BCUT2D eigenvalue weighted by atomic mass is 10.2. The molecular weight excluding hydrogens is 352 g/mol. The fourth-order valence-electron chi connectivity index (χ4n) is 2.48. The summed E-state index contributed by atoms with van der Waals surface area (Å²) in [5, 5.41) is 11.6. The second kappa shape index (κ2) is 8.35. The number of carbonyl (C=O) groups excluding carboxylic acids is 1. The molecular formula is C18H24N4O3S. The van der Waals surface area contributed by atoms with Gasteiger partial charge in [-0.15, -0.1) is 0 Å². The van der Waals surface area contributed by atoms with E-state index in [0.29, 0.717) is 11.6 Å². The van der Waals surface area contributed by atoms with Crippen LogP contribution in [0.1, 0.15) is 25.2 Å². The molecule has 8 heteroatoms. The largest absolute Gasteiger partial charge is 0.323 e. The van der Waals surface area contributed by atoms with Gasteiger partial charge in [0.05, 0.1) is 16.4 Å². The number of benzene rings is 1. The first-order chi connectivity index (χ1) is 12.2. The van der Waals surface area contributed by atoms with Gasteiger partial charge in [-0.1, -0.05) is 25.6 Å². The Morgan fingerprint density at radius 3 is 2.46 bits per heavy atom. The standard InChI is InChI=1S/C18H24N4O3S/c1-12(2)10-21-14(4)13(3)19-18(21)26-11-17(23)20(5)15-6-8-16(9-7-15)22(24)25/h6-9,12H,10-11H2,1-5H3. The highest BCUT2D eigenvalue weighted by molar-refractivity contribution is 7.99. The molecule has 0 unspecified atom stereocenters. The van der Waals surface area contributed by atoms with E-state index in [2.05, 4.69) is 23.4 Å². The molecule has 0 fully saturated rings. The number of nitrogens with zero attached hydrogens (tertiary/aromatic N) is 4. The van der Waals surface area contributed by atoms with Gasteiger partial charge in [0.2, 0.25) is 5.91 Å². The lowest BCUT2D eigenvalue weighted by molar-refractivity contribution is -0.384. The highest BCUT2D eigenvalue weighted by Crippen LogP contribution is 2.24. The molecule has 1 aromatic heterocycles. The number of thioether (sulfide) groups is 1. The Hall–Kier alpha value is -2.35. The number of hydrogen-bond acceptors (Lipinski definition) is 5. The predicted octanol–water partition coefficient (Wildman–Crippen LogP) is 3.82. The van der Waals surface area contributed by atoms with Gasteiger partial charge in [0.1, 0.15) is 0 Å². The van der Waals surface area contributed by atoms with Crippen LogP contribution in [-0.4, -0.2) is 33.2 Å². The van der Waals surface area contributed by atoms with Gasteiger partial charge in [-0.25, -0.2) is 4.98 Å². The molecule has 0 atom stereocenters. The molecule has 0 saturated heterocycles. The Morgan fingerprint density at radius 1 is 1.31 bits per heavy atom. The van der Waals surface area contributed by atoms with Crippen molar-refractivity contribution < 1.29 is 9.72 Å². The summed E-state index contributed by atoms with van der Waals surface area (Å²) in [5.41, 5.74) is 2.73. The van der Waals surface area contributed by atoms with Crippen molar-refractivity contribution in [3.8, 4) is 0 Å². The van der Waals surface area contributed by atoms with Crippen molar-refractivity contribution >= 4 is 29.0 Å². The SMILES string of the molecule is Cc1nc(SCC(=O)N(C)c2ccc([N+](=O)[O-])cc2)n(CC(C)C)c1C. The molecule has 0 aliphatic heterocycles. The Labute approximate surface area is 157 Å². The van der Waals surface area contributed by atoms with Crippen LogP contribution in [0.25, 0.3) is 0 Å². The van der Waals surface area contributed by atoms with Crippen LogP contribution in [0.2, 0.25) is 0 Å². The zero-order chi connectivity index (χ0) is 19.4. The van der Waals surface area contributed by atoms with Crippen molar-refractivity contribution in [2.24, 2.45) is 5.92 Å². The second-order valence-corrected chi connectivity index (χ2v) is 7.53. The number of nitro groups is 1. The van der Waals surface area contributed by atoms with E-state index in [9.17, 15) is 14.9 Å². The molecule has 26 heavy (non-hydrogen) atoms. The molecule has 1 amide bonds. The number of nitro benzene ring substituents is 1. The van der Waals surface area contributed by atoms with Gasteiger partial charge < -0.3 is 9.47 Å². The van der Waals surface area contributed by atoms with Crippen LogP contribution < -0.4 is 4.90 Å². The van der Waals surface area contributed by atoms with Crippen LogP contribution in [0.3, 0.4) is 0 Å². The number of imidazole rings is 1. The molecule has 0 aliphatic rings. The van der Waals surface area contributed by atoms with E-state index in [1.807, 2.05) is 13.8 Å². The number of non-ortho nitro benzene ring substituents is 1. The number of amides is 1. The summed E-state index contributed by atoms with van der Waals surface area (Å²) in [4.78, 5) is 28.8. The Balaban J connectivity index is 2.06. The third-order valence-corrected chi connectivity index (χ3v) is 5.08. The minimum Gasteiger partial charge on any atom is -0.323 e. The molecule has 2 aromatic rings. The maximum absolute atomic E-state index is 12.5. The zero-order valence-electron chi connectivity index (χ0n) is 15.7. The summed E-state index contributed by atoms with van der Waals surface area (Å²) in [7, 11) is 1.67. The van der Waals surface area contributed by atoms with Crippen molar-refractivity contribution in [1.82, 2.24) is 9.55 Å². The lowest BCUT2D eigenvalue weighted by Gasteiger charge is -2.17. The number of aryl methyl sites for hydroxylation is 1. The van der Waals surface area contributed by atoms with Crippen LogP contribution in [-0.2, 0) is 11.3 Å². The molecule has 0 saturated carbocycles. The number of hydrogen-bond donors (Lipinski definition) is 0. The molecule has 7 nitrogen and oxygen atoms in total. The van der Waals surface area contributed by atoms with Gasteiger partial charge in [-0.05, 0) is 31.9 Å². The van der Waals surface area contributed by atoms with E-state index >= 15 is 0 Å². The number of aromatic nitrogens is 2. The topological polar surface area (TPSA) is 81.3 Å². The molecule has 0 N–H and O–H groups in total. The van der Waals surface area contributed by atoms with E-state index < -0.39 is 4.92 Å². The smallest absolute Gasteiger partial charge is 0.269 e. The molecule has 1 aromatic carbocycles. The summed E-state index contributed by atoms with van der Waals surface area (Å²) in [5.74, 6) is 0.653. The maximum Gasteiger partial charge on any atom is 0.269 e. The normalized spacial score (nSPS) is 11.0. The van der Waals surface area contributed by atoms with Crippen molar-refractivity contribution in [3.63, 3.8) is 0 Å². The first kappa shape index (κ1) is 20.0. The Kier molecular flexibility index (Phi) is 6.42. The first-order valence-electron chi connectivity index (χ1n) is 8.38. The summed E-state index contributed by atoms with van der Waals surface area (Å²) in [6, 6.07) is 5.95. The van der Waals surface area contributed by atoms with E-state index in [0.717, 1.165) is 23.1 Å². The quantitative estimate of drug-likeness (QED) is 0.417. The number of rotatable bonds is 7. The molecule has 1 heterocycles. The summed E-state index contributed by atoms with van der Waals surface area (Å²) in [6.07, 6.45) is 0. The van der Waals surface area contributed by atoms with Gasteiger partial charge >= 0.3 is 0 Å². The van der Waals surface area contributed by atoms with Crippen molar-refractivity contribution in [3.05, 3.63) is 45.8 Å². The maximum atomic E-state index is 12.5. The number of anilines is 1. The number of carbonyl (C=O) groups is 1. The highest BCUT2D eigenvalue weighted by Gasteiger charge is 2.17. The highest BCUT2D eigenvalue weighted by atomic mass is 32.2. The van der Waals surface area contributed by atoms with Crippen LogP contribution >= 0.6 is 11.8 Å². The van der Waals surface area contributed by atoms with Gasteiger partial charge in [0.25, 0.3) is 5.69 Å². The van der Waals surface area contributed by atoms with Crippen LogP contribution in [0.4, 0.5) is 11.4 Å². The van der Waals surface area contributed by atoms with E-state index in [1.54, 1.807) is 19.2 Å². The summed E-state index contributed by atoms with van der Waals surface area (Å²) < 4.78 is 2.16. The first-order valence-corrected chi connectivity index (χ1v) is 9.36. The van der Waals surface area contributed by atoms with Gasteiger partial charge in [-0.2, -0.15) is 0 Å². The molecule has 0 aliphatic carbocycles. The third kappa shape index (κ3) is 4.63. The van der Waals surface area contributed by atoms with Crippen LogP contribution in [0.15, 0.2) is 29.4 Å². The average Bonchev–Trinajstić information content (AvgIpc) is 2.86.